The molecule has 25 heavy (non-hydrogen) atoms. The Hall–Kier alpha value is -2.14. The van der Waals surface area contributed by atoms with Gasteiger partial charge in [-0.2, -0.15) is 0 Å². The van der Waals surface area contributed by atoms with Crippen molar-refractivity contribution in [3.63, 3.8) is 0 Å². The molecule has 1 heterocycles. The van der Waals surface area contributed by atoms with Crippen molar-refractivity contribution in [1.29, 1.82) is 0 Å². The molecule has 0 aliphatic carbocycles. The molecule has 5 heteroatoms. The van der Waals surface area contributed by atoms with E-state index in [1.54, 1.807) is 0 Å². The Bertz CT molecular complexity index is 758. The van der Waals surface area contributed by atoms with Gasteiger partial charge in [-0.05, 0) is 32.3 Å². The molecule has 1 N–H and O–H groups in total. The average molecular weight is 359 g/mol. The fourth-order valence-corrected chi connectivity index (χ4v) is 3.94. The molecule has 2 aromatic rings. The first-order valence-electron chi connectivity index (χ1n) is 8.52. The molecule has 0 spiro atoms. The maximum absolute atomic E-state index is 12.5. The monoisotopic (exact) mass is 359 g/mol. The quantitative estimate of drug-likeness (QED) is 0.722. The summed E-state index contributed by atoms with van der Waals surface area (Å²) in [5.74, 6) is -0.539. The van der Waals surface area contributed by atoms with Crippen LogP contribution in [0.4, 0.5) is 5.00 Å². The van der Waals surface area contributed by atoms with Gasteiger partial charge in [0.15, 0.2) is 0 Å². The van der Waals surface area contributed by atoms with Gasteiger partial charge in [0.2, 0.25) is 5.91 Å². The summed E-state index contributed by atoms with van der Waals surface area (Å²) >= 11 is 1.42. The van der Waals surface area contributed by atoms with Gasteiger partial charge in [0, 0.05) is 16.4 Å². The lowest BCUT2D eigenvalue weighted by atomic mass is 9.99. The molecule has 134 valence electrons. The second-order valence-corrected chi connectivity index (χ2v) is 7.32. The highest BCUT2D eigenvalue weighted by Crippen LogP contribution is 2.40. The zero-order valence-electron chi connectivity index (χ0n) is 15.4. The molecule has 0 bridgehead atoms. The summed E-state index contributed by atoms with van der Waals surface area (Å²) in [5.41, 5.74) is 3.37. The summed E-state index contributed by atoms with van der Waals surface area (Å²) in [6.45, 7) is 7.96. The molecule has 0 saturated carbocycles. The van der Waals surface area contributed by atoms with E-state index in [2.05, 4.69) is 5.32 Å². The van der Waals surface area contributed by atoms with E-state index in [1.807, 2.05) is 52.0 Å². The van der Waals surface area contributed by atoms with Gasteiger partial charge in [-0.25, -0.2) is 4.79 Å². The Kier molecular flexibility index (Phi) is 6.37. The van der Waals surface area contributed by atoms with Crippen LogP contribution < -0.4 is 5.32 Å². The molecule has 0 aliphatic heterocycles. The second kappa shape index (κ2) is 8.30. The Balaban J connectivity index is 2.51. The maximum atomic E-state index is 12.5. The average Bonchev–Trinajstić information content (AvgIpc) is 2.92. The number of benzene rings is 1. The highest BCUT2D eigenvalue weighted by molar-refractivity contribution is 7.17. The lowest BCUT2D eigenvalue weighted by Crippen LogP contribution is -2.22. The lowest BCUT2D eigenvalue weighted by Gasteiger charge is -2.13. The number of thiophene rings is 1. The van der Waals surface area contributed by atoms with E-state index in [-0.39, 0.29) is 11.8 Å². The number of methoxy groups -OCH3 is 1. The SMILES string of the molecule is CCC(CC)C(=O)Nc1sc(C)c(-c2ccc(C)cc2)c1C(=O)OC. The van der Waals surface area contributed by atoms with Crippen LogP contribution >= 0.6 is 11.3 Å². The number of esters is 1. The lowest BCUT2D eigenvalue weighted by molar-refractivity contribution is -0.120. The molecule has 0 atom stereocenters. The molecular weight excluding hydrogens is 334 g/mol. The van der Waals surface area contributed by atoms with E-state index < -0.39 is 5.97 Å². The van der Waals surface area contributed by atoms with E-state index in [1.165, 1.54) is 18.4 Å². The van der Waals surface area contributed by atoms with E-state index in [0.717, 1.165) is 34.4 Å². The molecule has 4 nitrogen and oxygen atoms in total. The van der Waals surface area contributed by atoms with Crippen molar-refractivity contribution >= 4 is 28.2 Å². The summed E-state index contributed by atoms with van der Waals surface area (Å²) < 4.78 is 4.99. The van der Waals surface area contributed by atoms with Crippen LogP contribution in [0, 0.1) is 19.8 Å². The van der Waals surface area contributed by atoms with Crippen LogP contribution in [0.5, 0.6) is 0 Å². The van der Waals surface area contributed by atoms with Crippen molar-refractivity contribution in [1.82, 2.24) is 0 Å². The molecule has 2 rings (SSSR count). The van der Waals surface area contributed by atoms with Crippen LogP contribution in [-0.2, 0) is 9.53 Å². The smallest absolute Gasteiger partial charge is 0.341 e. The van der Waals surface area contributed by atoms with Gasteiger partial charge in [0.1, 0.15) is 10.6 Å². The number of anilines is 1. The summed E-state index contributed by atoms with van der Waals surface area (Å²) in [7, 11) is 1.36. The number of rotatable bonds is 6. The van der Waals surface area contributed by atoms with Gasteiger partial charge >= 0.3 is 5.97 Å². The third-order valence-electron chi connectivity index (χ3n) is 4.41. The predicted molar refractivity (Wildman–Crippen MR) is 103 cm³/mol. The normalized spacial score (nSPS) is 10.8. The van der Waals surface area contributed by atoms with Gasteiger partial charge in [-0.15, -0.1) is 11.3 Å². The molecule has 0 aliphatic rings. The summed E-state index contributed by atoms with van der Waals surface area (Å²) in [6.07, 6.45) is 1.54. The number of hydrogen-bond acceptors (Lipinski definition) is 4. The van der Waals surface area contributed by atoms with Crippen molar-refractivity contribution in [3.05, 3.63) is 40.3 Å². The number of carbonyl (C=O) groups is 2. The minimum Gasteiger partial charge on any atom is -0.465 e. The molecule has 0 fully saturated rings. The van der Waals surface area contributed by atoms with Crippen LogP contribution in [0.3, 0.4) is 0 Å². The maximum Gasteiger partial charge on any atom is 0.341 e. The predicted octanol–water partition coefficient (Wildman–Crippen LogP) is 5.19. The fraction of sp³-hybridized carbons (Fsp3) is 0.400. The Labute approximate surface area is 153 Å². The Morgan fingerprint density at radius 3 is 2.24 bits per heavy atom. The molecule has 0 saturated heterocycles. The molecule has 1 aromatic heterocycles. The molecular formula is C20H25NO3S. The molecule has 1 amide bonds. The Morgan fingerprint density at radius 1 is 1.12 bits per heavy atom. The number of ether oxygens (including phenoxy) is 1. The summed E-state index contributed by atoms with van der Waals surface area (Å²) in [6, 6.07) is 8.00. The summed E-state index contributed by atoms with van der Waals surface area (Å²) in [5, 5.41) is 3.52. The van der Waals surface area contributed by atoms with Gasteiger partial charge in [0.25, 0.3) is 0 Å². The van der Waals surface area contributed by atoms with Crippen LogP contribution in [0.15, 0.2) is 24.3 Å². The van der Waals surface area contributed by atoms with Gasteiger partial charge in [0.05, 0.1) is 7.11 Å². The van der Waals surface area contributed by atoms with Crippen molar-refractivity contribution in [3.8, 4) is 11.1 Å². The zero-order valence-corrected chi connectivity index (χ0v) is 16.3. The molecule has 0 unspecified atom stereocenters. The number of carbonyl (C=O) groups excluding carboxylic acids is 2. The molecule has 1 aromatic carbocycles. The first kappa shape index (κ1) is 19.2. The highest BCUT2D eigenvalue weighted by Gasteiger charge is 2.26. The topological polar surface area (TPSA) is 55.4 Å². The van der Waals surface area contributed by atoms with Crippen LogP contribution in [0.2, 0.25) is 0 Å². The van der Waals surface area contributed by atoms with Crippen molar-refractivity contribution in [2.24, 2.45) is 5.92 Å². The zero-order chi connectivity index (χ0) is 18.6. The highest BCUT2D eigenvalue weighted by atomic mass is 32.1. The van der Waals surface area contributed by atoms with Gasteiger partial charge in [-0.3, -0.25) is 4.79 Å². The van der Waals surface area contributed by atoms with Crippen molar-refractivity contribution in [2.75, 3.05) is 12.4 Å². The third-order valence-corrected chi connectivity index (χ3v) is 5.43. The first-order valence-corrected chi connectivity index (χ1v) is 9.34. The largest absolute Gasteiger partial charge is 0.465 e. The van der Waals surface area contributed by atoms with Crippen LogP contribution in [-0.4, -0.2) is 19.0 Å². The van der Waals surface area contributed by atoms with Gasteiger partial charge in [-0.1, -0.05) is 43.7 Å². The summed E-state index contributed by atoms with van der Waals surface area (Å²) in [4.78, 5) is 25.9. The van der Waals surface area contributed by atoms with Crippen LogP contribution in [0.1, 0.15) is 47.5 Å². The van der Waals surface area contributed by atoms with E-state index in [0.29, 0.717) is 10.6 Å². The second-order valence-electron chi connectivity index (χ2n) is 6.10. The standard InChI is InChI=1S/C20H25NO3S/c1-6-14(7-2)18(22)21-19-17(20(23)24-5)16(13(4)25-19)15-10-8-12(3)9-11-15/h8-11,14H,6-7H2,1-5H3,(H,21,22). The van der Waals surface area contributed by atoms with E-state index in [4.69, 9.17) is 4.74 Å². The van der Waals surface area contributed by atoms with Crippen molar-refractivity contribution in [2.45, 2.75) is 40.5 Å². The minimum atomic E-state index is -0.431. The number of amides is 1. The number of nitrogens with one attached hydrogen (secondary N) is 1. The molecule has 0 radical (unpaired) electrons. The van der Waals surface area contributed by atoms with Crippen molar-refractivity contribution < 1.29 is 14.3 Å². The Morgan fingerprint density at radius 2 is 1.72 bits per heavy atom. The number of aryl methyl sites for hydroxylation is 2. The number of hydrogen-bond donors (Lipinski definition) is 1. The third kappa shape index (κ3) is 4.10. The van der Waals surface area contributed by atoms with Gasteiger partial charge < -0.3 is 10.1 Å². The minimum absolute atomic E-state index is 0.0492. The van der Waals surface area contributed by atoms with E-state index in [9.17, 15) is 9.59 Å². The fourth-order valence-electron chi connectivity index (χ4n) is 2.87. The van der Waals surface area contributed by atoms with Crippen LogP contribution in [0.25, 0.3) is 11.1 Å². The first-order chi connectivity index (χ1) is 11.9. The van der Waals surface area contributed by atoms with E-state index >= 15 is 0 Å².